The second-order valence-corrected chi connectivity index (χ2v) is 5.88. The summed E-state index contributed by atoms with van der Waals surface area (Å²) in [6.45, 7) is 7.43. The van der Waals surface area contributed by atoms with Gasteiger partial charge in [0.05, 0.1) is 11.5 Å². The average Bonchev–Trinajstić information content (AvgIpc) is 2.78. The van der Waals surface area contributed by atoms with E-state index < -0.39 is 0 Å². The van der Waals surface area contributed by atoms with E-state index in [1.165, 1.54) is 11.3 Å². The first-order chi connectivity index (χ1) is 8.93. The van der Waals surface area contributed by atoms with Crippen molar-refractivity contribution in [1.82, 2.24) is 0 Å². The lowest BCUT2D eigenvalue weighted by atomic mass is 9.91. The second-order valence-electron chi connectivity index (χ2n) is 5.88. The van der Waals surface area contributed by atoms with Gasteiger partial charge < -0.3 is 4.90 Å². The number of rotatable bonds is 4. The Kier molecular flexibility index (Phi) is 3.61. The van der Waals surface area contributed by atoms with Crippen molar-refractivity contribution in [2.24, 2.45) is 5.41 Å². The predicted molar refractivity (Wildman–Crippen MR) is 76.4 cm³/mol. The summed E-state index contributed by atoms with van der Waals surface area (Å²) >= 11 is 0. The van der Waals surface area contributed by atoms with Crippen LogP contribution in [0.15, 0.2) is 18.2 Å². The standard InChI is InChI=1S/C16H20N2O/c1-12(19)13-4-5-15-14(10-13)6-8-18(15)9-7-16(2,3)11-17/h4-5,10H,6-9H2,1-3H3. The fraction of sp³-hybridized carbons (Fsp3) is 0.500. The summed E-state index contributed by atoms with van der Waals surface area (Å²) in [4.78, 5) is 13.7. The molecule has 1 aromatic carbocycles. The Labute approximate surface area is 114 Å². The van der Waals surface area contributed by atoms with Crippen LogP contribution in [0.25, 0.3) is 0 Å². The number of hydrogen-bond acceptors (Lipinski definition) is 3. The van der Waals surface area contributed by atoms with Crippen LogP contribution in [0, 0.1) is 16.7 Å². The van der Waals surface area contributed by atoms with Gasteiger partial charge in [-0.1, -0.05) is 0 Å². The van der Waals surface area contributed by atoms with E-state index >= 15 is 0 Å². The van der Waals surface area contributed by atoms with Gasteiger partial charge in [0.2, 0.25) is 0 Å². The Morgan fingerprint density at radius 2 is 2.21 bits per heavy atom. The van der Waals surface area contributed by atoms with E-state index in [9.17, 15) is 4.79 Å². The largest absolute Gasteiger partial charge is 0.371 e. The lowest BCUT2D eigenvalue weighted by Gasteiger charge is -2.23. The van der Waals surface area contributed by atoms with Gasteiger partial charge >= 0.3 is 0 Å². The van der Waals surface area contributed by atoms with Crippen molar-refractivity contribution in [3.8, 4) is 6.07 Å². The summed E-state index contributed by atoms with van der Waals surface area (Å²) in [5.74, 6) is 0.117. The van der Waals surface area contributed by atoms with Crippen molar-refractivity contribution in [3.63, 3.8) is 0 Å². The molecule has 0 saturated carbocycles. The molecule has 0 unspecified atom stereocenters. The minimum Gasteiger partial charge on any atom is -0.371 e. The molecule has 0 bridgehead atoms. The van der Waals surface area contributed by atoms with Crippen molar-refractivity contribution in [1.29, 1.82) is 5.26 Å². The summed E-state index contributed by atoms with van der Waals surface area (Å²) in [7, 11) is 0. The SMILES string of the molecule is CC(=O)c1ccc2c(c1)CCN2CCC(C)(C)C#N. The molecule has 0 saturated heterocycles. The van der Waals surface area contributed by atoms with Gasteiger partial charge in [-0.05, 0) is 57.4 Å². The third-order valence-electron chi connectivity index (χ3n) is 3.79. The highest BCUT2D eigenvalue weighted by molar-refractivity contribution is 5.94. The lowest BCUT2D eigenvalue weighted by molar-refractivity contribution is 0.101. The number of hydrogen-bond donors (Lipinski definition) is 0. The van der Waals surface area contributed by atoms with Crippen LogP contribution in [-0.4, -0.2) is 18.9 Å². The maximum absolute atomic E-state index is 11.4. The number of Topliss-reactive ketones (excluding diaryl/α,β-unsaturated/α-hetero) is 1. The molecule has 0 fully saturated rings. The van der Waals surface area contributed by atoms with Crippen LogP contribution in [0.4, 0.5) is 5.69 Å². The number of ketones is 1. The Hall–Kier alpha value is -1.82. The molecule has 100 valence electrons. The normalized spacial score (nSPS) is 14.1. The molecule has 0 aliphatic carbocycles. The van der Waals surface area contributed by atoms with Gasteiger partial charge in [0.25, 0.3) is 0 Å². The van der Waals surface area contributed by atoms with E-state index in [1.807, 2.05) is 32.0 Å². The molecule has 19 heavy (non-hydrogen) atoms. The van der Waals surface area contributed by atoms with Gasteiger partial charge in [-0.3, -0.25) is 4.79 Å². The molecule has 0 spiro atoms. The number of anilines is 1. The van der Waals surface area contributed by atoms with Gasteiger partial charge in [0.1, 0.15) is 0 Å². The highest BCUT2D eigenvalue weighted by Crippen LogP contribution is 2.30. The van der Waals surface area contributed by atoms with Crippen LogP contribution in [0.1, 0.15) is 43.1 Å². The third-order valence-corrected chi connectivity index (χ3v) is 3.79. The summed E-state index contributed by atoms with van der Waals surface area (Å²) in [6, 6.07) is 8.29. The first-order valence-electron chi connectivity index (χ1n) is 6.73. The maximum Gasteiger partial charge on any atom is 0.159 e. The number of fused-ring (bicyclic) bond motifs is 1. The van der Waals surface area contributed by atoms with E-state index in [0.717, 1.165) is 31.5 Å². The fourth-order valence-corrected chi connectivity index (χ4v) is 2.39. The molecule has 1 heterocycles. The highest BCUT2D eigenvalue weighted by Gasteiger charge is 2.23. The molecular weight excluding hydrogens is 236 g/mol. The predicted octanol–water partition coefficient (Wildman–Crippen LogP) is 3.19. The molecule has 0 aromatic heterocycles. The highest BCUT2D eigenvalue weighted by atomic mass is 16.1. The first kappa shape index (κ1) is 13.6. The lowest BCUT2D eigenvalue weighted by Crippen LogP contribution is -2.25. The fourth-order valence-electron chi connectivity index (χ4n) is 2.39. The van der Waals surface area contributed by atoms with Gasteiger partial charge in [-0.15, -0.1) is 0 Å². The monoisotopic (exact) mass is 256 g/mol. The van der Waals surface area contributed by atoms with Crippen molar-refractivity contribution in [2.45, 2.75) is 33.6 Å². The molecule has 0 amide bonds. The number of carbonyl (C=O) groups is 1. The quantitative estimate of drug-likeness (QED) is 0.777. The molecule has 1 aliphatic heterocycles. The van der Waals surface area contributed by atoms with Crippen LogP contribution in [0.3, 0.4) is 0 Å². The number of nitrogens with zero attached hydrogens (tertiary/aromatic N) is 2. The molecular formula is C16H20N2O. The molecule has 0 radical (unpaired) electrons. The molecule has 2 rings (SSSR count). The zero-order chi connectivity index (χ0) is 14.0. The van der Waals surface area contributed by atoms with Gasteiger partial charge in [0, 0.05) is 24.3 Å². The molecule has 1 aromatic rings. The Bertz CT molecular complexity index is 540. The van der Waals surface area contributed by atoms with E-state index in [1.54, 1.807) is 6.92 Å². The minimum absolute atomic E-state index is 0.117. The van der Waals surface area contributed by atoms with Crippen molar-refractivity contribution >= 4 is 11.5 Å². The van der Waals surface area contributed by atoms with Crippen LogP contribution in [-0.2, 0) is 6.42 Å². The number of benzene rings is 1. The molecule has 0 atom stereocenters. The molecule has 3 nitrogen and oxygen atoms in total. The molecule has 1 aliphatic rings. The van der Waals surface area contributed by atoms with Gasteiger partial charge in [0.15, 0.2) is 5.78 Å². The average molecular weight is 256 g/mol. The Morgan fingerprint density at radius 3 is 2.84 bits per heavy atom. The number of carbonyl (C=O) groups excluding carboxylic acids is 1. The number of nitriles is 1. The summed E-state index contributed by atoms with van der Waals surface area (Å²) in [5.41, 5.74) is 2.99. The zero-order valence-electron chi connectivity index (χ0n) is 11.9. The topological polar surface area (TPSA) is 44.1 Å². The third kappa shape index (κ3) is 2.96. The molecule has 3 heteroatoms. The van der Waals surface area contributed by atoms with Crippen molar-refractivity contribution < 1.29 is 4.79 Å². The van der Waals surface area contributed by atoms with Crippen molar-refractivity contribution in [3.05, 3.63) is 29.3 Å². The summed E-state index contributed by atoms with van der Waals surface area (Å²) in [6.07, 6.45) is 1.85. The summed E-state index contributed by atoms with van der Waals surface area (Å²) < 4.78 is 0. The van der Waals surface area contributed by atoms with E-state index in [2.05, 4.69) is 11.0 Å². The van der Waals surface area contributed by atoms with Crippen molar-refractivity contribution in [2.75, 3.05) is 18.0 Å². The van der Waals surface area contributed by atoms with E-state index in [-0.39, 0.29) is 11.2 Å². The minimum atomic E-state index is -0.276. The Balaban J connectivity index is 2.11. The van der Waals surface area contributed by atoms with Crippen LogP contribution in [0.5, 0.6) is 0 Å². The maximum atomic E-state index is 11.4. The van der Waals surface area contributed by atoms with Gasteiger partial charge in [-0.25, -0.2) is 0 Å². The second kappa shape index (κ2) is 5.05. The summed E-state index contributed by atoms with van der Waals surface area (Å²) in [5, 5.41) is 9.05. The smallest absolute Gasteiger partial charge is 0.159 e. The first-order valence-corrected chi connectivity index (χ1v) is 6.73. The Morgan fingerprint density at radius 1 is 1.47 bits per heavy atom. The zero-order valence-corrected chi connectivity index (χ0v) is 11.9. The van der Waals surface area contributed by atoms with Gasteiger partial charge in [-0.2, -0.15) is 5.26 Å². The molecule has 0 N–H and O–H groups in total. The van der Waals surface area contributed by atoms with Crippen LogP contribution >= 0.6 is 0 Å². The van der Waals surface area contributed by atoms with E-state index in [4.69, 9.17) is 5.26 Å². The van der Waals surface area contributed by atoms with Crippen LogP contribution < -0.4 is 4.90 Å². The van der Waals surface area contributed by atoms with Crippen LogP contribution in [0.2, 0.25) is 0 Å². The van der Waals surface area contributed by atoms with E-state index in [0.29, 0.717) is 0 Å².